The SMILES string of the molecule is CCN(Cc1nc2ccccc2c(=O)[nH]1)C(=O)c1cncn1-c1ccccc1. The number of carbonyl (C=O) groups excluding carboxylic acids is 1. The van der Waals surface area contributed by atoms with Crippen LogP contribution < -0.4 is 5.56 Å². The first kappa shape index (κ1) is 17.7. The first-order chi connectivity index (χ1) is 13.7. The monoisotopic (exact) mass is 373 g/mol. The number of amides is 1. The molecule has 2 aromatic heterocycles. The standard InChI is InChI=1S/C21H19N5O2/c1-2-25(13-19-23-17-11-7-6-10-16(17)20(27)24-19)21(28)18-12-22-14-26(18)15-8-4-3-5-9-15/h3-12,14H,2,13H2,1H3,(H,23,24,27). The molecule has 2 aromatic carbocycles. The summed E-state index contributed by atoms with van der Waals surface area (Å²) in [6, 6.07) is 16.7. The summed E-state index contributed by atoms with van der Waals surface area (Å²) in [6.45, 7) is 2.56. The van der Waals surface area contributed by atoms with Crippen LogP contribution in [0.3, 0.4) is 0 Å². The van der Waals surface area contributed by atoms with Crippen LogP contribution in [0.15, 0.2) is 71.9 Å². The molecule has 7 nitrogen and oxygen atoms in total. The topological polar surface area (TPSA) is 83.9 Å². The molecule has 0 fully saturated rings. The molecule has 0 saturated heterocycles. The Balaban J connectivity index is 1.65. The van der Waals surface area contributed by atoms with E-state index in [1.165, 1.54) is 0 Å². The molecule has 4 rings (SSSR count). The molecule has 0 spiro atoms. The molecule has 0 atom stereocenters. The Morgan fingerprint density at radius 1 is 1.11 bits per heavy atom. The number of hydrogen-bond donors (Lipinski definition) is 1. The molecule has 0 aliphatic heterocycles. The number of rotatable bonds is 5. The lowest BCUT2D eigenvalue weighted by molar-refractivity contribution is 0.0740. The third-order valence-corrected chi connectivity index (χ3v) is 4.56. The molecule has 1 amide bonds. The minimum atomic E-state index is -0.210. The van der Waals surface area contributed by atoms with Gasteiger partial charge in [0.1, 0.15) is 11.5 Å². The fourth-order valence-electron chi connectivity index (χ4n) is 3.13. The average Bonchev–Trinajstić information content (AvgIpc) is 3.22. The summed E-state index contributed by atoms with van der Waals surface area (Å²) >= 11 is 0. The lowest BCUT2D eigenvalue weighted by Crippen LogP contribution is -2.33. The van der Waals surface area contributed by atoms with Crippen LogP contribution in [0.2, 0.25) is 0 Å². The first-order valence-corrected chi connectivity index (χ1v) is 9.02. The number of nitrogens with zero attached hydrogens (tertiary/aromatic N) is 4. The van der Waals surface area contributed by atoms with E-state index in [2.05, 4.69) is 15.0 Å². The van der Waals surface area contributed by atoms with Gasteiger partial charge in [-0.25, -0.2) is 9.97 Å². The van der Waals surface area contributed by atoms with Crippen LogP contribution in [-0.2, 0) is 6.54 Å². The van der Waals surface area contributed by atoms with E-state index in [9.17, 15) is 9.59 Å². The highest BCUT2D eigenvalue weighted by Gasteiger charge is 2.20. The van der Waals surface area contributed by atoms with Crippen molar-refractivity contribution in [3.63, 3.8) is 0 Å². The number of nitrogens with one attached hydrogen (secondary N) is 1. The van der Waals surface area contributed by atoms with Crippen molar-refractivity contribution in [1.82, 2.24) is 24.4 Å². The van der Waals surface area contributed by atoms with Gasteiger partial charge in [-0.15, -0.1) is 0 Å². The van der Waals surface area contributed by atoms with Gasteiger partial charge in [-0.1, -0.05) is 30.3 Å². The highest BCUT2D eigenvalue weighted by molar-refractivity contribution is 5.93. The van der Waals surface area contributed by atoms with Crippen LogP contribution in [0.25, 0.3) is 16.6 Å². The summed E-state index contributed by atoms with van der Waals surface area (Å²) in [5.41, 5.74) is 1.71. The first-order valence-electron chi connectivity index (χ1n) is 9.02. The third kappa shape index (κ3) is 3.29. The summed E-state index contributed by atoms with van der Waals surface area (Å²) in [5, 5.41) is 0.530. The molecule has 7 heteroatoms. The van der Waals surface area contributed by atoms with Crippen molar-refractivity contribution in [1.29, 1.82) is 0 Å². The maximum Gasteiger partial charge on any atom is 0.272 e. The highest BCUT2D eigenvalue weighted by atomic mass is 16.2. The van der Waals surface area contributed by atoms with Gasteiger partial charge in [-0.05, 0) is 31.2 Å². The van der Waals surface area contributed by atoms with Crippen molar-refractivity contribution < 1.29 is 4.79 Å². The van der Waals surface area contributed by atoms with Gasteiger partial charge in [0.05, 0.1) is 30.0 Å². The van der Waals surface area contributed by atoms with Crippen molar-refractivity contribution in [2.24, 2.45) is 0 Å². The predicted octanol–water partition coefficient (Wildman–Crippen LogP) is 2.77. The molecule has 0 aliphatic rings. The third-order valence-electron chi connectivity index (χ3n) is 4.56. The second-order valence-corrected chi connectivity index (χ2v) is 6.33. The van der Waals surface area contributed by atoms with E-state index in [0.29, 0.717) is 29.0 Å². The molecular formula is C21H19N5O2. The fraction of sp³-hybridized carbons (Fsp3) is 0.143. The van der Waals surface area contributed by atoms with Crippen LogP contribution in [0.4, 0.5) is 0 Å². The molecule has 0 saturated carbocycles. The summed E-state index contributed by atoms with van der Waals surface area (Å²) in [6.07, 6.45) is 3.17. The van der Waals surface area contributed by atoms with Gasteiger partial charge in [0.25, 0.3) is 11.5 Å². The Morgan fingerprint density at radius 3 is 2.64 bits per heavy atom. The summed E-state index contributed by atoms with van der Waals surface area (Å²) in [7, 11) is 0. The van der Waals surface area contributed by atoms with Crippen molar-refractivity contribution in [3.05, 3.63) is 89.0 Å². The van der Waals surface area contributed by atoms with E-state index in [1.54, 1.807) is 40.2 Å². The van der Waals surface area contributed by atoms with Crippen LogP contribution in [-0.4, -0.2) is 36.9 Å². The minimum Gasteiger partial charge on any atom is -0.330 e. The number of imidazole rings is 1. The zero-order chi connectivity index (χ0) is 19.5. The average molecular weight is 373 g/mol. The van der Waals surface area contributed by atoms with E-state index >= 15 is 0 Å². The predicted molar refractivity (Wildman–Crippen MR) is 106 cm³/mol. The van der Waals surface area contributed by atoms with E-state index < -0.39 is 0 Å². The normalized spacial score (nSPS) is 10.9. The maximum absolute atomic E-state index is 13.1. The number of para-hydroxylation sites is 2. The number of aromatic amines is 1. The number of fused-ring (bicyclic) bond motifs is 1. The lowest BCUT2D eigenvalue weighted by atomic mass is 10.2. The smallest absolute Gasteiger partial charge is 0.272 e. The number of aromatic nitrogens is 4. The van der Waals surface area contributed by atoms with Gasteiger partial charge >= 0.3 is 0 Å². The van der Waals surface area contributed by atoms with E-state index in [0.717, 1.165) is 5.69 Å². The molecule has 0 aliphatic carbocycles. The van der Waals surface area contributed by atoms with Crippen LogP contribution in [0.1, 0.15) is 23.2 Å². The Bertz CT molecular complexity index is 1180. The van der Waals surface area contributed by atoms with Crippen LogP contribution >= 0.6 is 0 Å². The molecule has 140 valence electrons. The van der Waals surface area contributed by atoms with Crippen molar-refractivity contribution >= 4 is 16.8 Å². The Morgan fingerprint density at radius 2 is 1.86 bits per heavy atom. The second kappa shape index (κ2) is 7.48. The molecule has 0 radical (unpaired) electrons. The second-order valence-electron chi connectivity index (χ2n) is 6.33. The highest BCUT2D eigenvalue weighted by Crippen LogP contribution is 2.14. The summed E-state index contributed by atoms with van der Waals surface area (Å²) in [4.78, 5) is 38.5. The van der Waals surface area contributed by atoms with Gasteiger partial charge in [0.15, 0.2) is 0 Å². The Hall–Kier alpha value is -3.74. The summed E-state index contributed by atoms with van der Waals surface area (Å²) in [5.74, 6) is 0.268. The van der Waals surface area contributed by atoms with Gasteiger partial charge in [-0.3, -0.25) is 14.2 Å². The molecule has 2 heterocycles. The van der Waals surface area contributed by atoms with Crippen molar-refractivity contribution in [2.75, 3.05) is 6.54 Å². The molecule has 1 N–H and O–H groups in total. The quantitative estimate of drug-likeness (QED) is 0.583. The largest absolute Gasteiger partial charge is 0.330 e. The summed E-state index contributed by atoms with van der Waals surface area (Å²) < 4.78 is 1.75. The Labute approximate surface area is 161 Å². The fourth-order valence-corrected chi connectivity index (χ4v) is 3.13. The molecule has 28 heavy (non-hydrogen) atoms. The number of benzene rings is 2. The molecule has 4 aromatic rings. The van der Waals surface area contributed by atoms with Crippen molar-refractivity contribution in [2.45, 2.75) is 13.5 Å². The number of hydrogen-bond acceptors (Lipinski definition) is 4. The lowest BCUT2D eigenvalue weighted by Gasteiger charge is -2.21. The number of carbonyl (C=O) groups is 1. The maximum atomic E-state index is 13.1. The van der Waals surface area contributed by atoms with E-state index in [-0.39, 0.29) is 18.0 Å². The van der Waals surface area contributed by atoms with Crippen LogP contribution in [0.5, 0.6) is 0 Å². The zero-order valence-corrected chi connectivity index (χ0v) is 15.4. The van der Waals surface area contributed by atoms with E-state index in [4.69, 9.17) is 0 Å². The van der Waals surface area contributed by atoms with Gasteiger partial charge in [-0.2, -0.15) is 0 Å². The Kier molecular flexibility index (Phi) is 4.72. The molecule has 0 bridgehead atoms. The number of H-pyrrole nitrogens is 1. The van der Waals surface area contributed by atoms with Gasteiger partial charge in [0, 0.05) is 12.2 Å². The van der Waals surface area contributed by atoms with Crippen molar-refractivity contribution in [3.8, 4) is 5.69 Å². The van der Waals surface area contributed by atoms with E-state index in [1.807, 2.05) is 43.3 Å². The van der Waals surface area contributed by atoms with Crippen LogP contribution in [0, 0.1) is 0 Å². The molecule has 0 unspecified atom stereocenters. The van der Waals surface area contributed by atoms with Gasteiger partial charge < -0.3 is 9.88 Å². The van der Waals surface area contributed by atoms with Gasteiger partial charge in [0.2, 0.25) is 0 Å². The minimum absolute atomic E-state index is 0.181. The molecular weight excluding hydrogens is 354 g/mol. The zero-order valence-electron chi connectivity index (χ0n) is 15.4.